The molecular weight excluding hydrogens is 1070 g/mol. The van der Waals surface area contributed by atoms with E-state index in [2.05, 4.69) is 35.1 Å². The zero-order valence-corrected chi connectivity index (χ0v) is 50.8. The number of rotatable bonds is 13. The Labute approximate surface area is 488 Å². The summed E-state index contributed by atoms with van der Waals surface area (Å²) in [6.07, 6.45) is 6.57. The molecule has 3 amide bonds. The van der Waals surface area contributed by atoms with E-state index in [0.29, 0.717) is 43.5 Å². The molecule has 0 spiro atoms. The monoisotopic (exact) mass is 1170 g/mol. The number of carboxylic acids is 1. The Morgan fingerprint density at radius 2 is 1.23 bits per heavy atom. The predicted molar refractivity (Wildman–Crippen MR) is 312 cm³/mol. The van der Waals surface area contributed by atoms with Crippen LogP contribution in [0, 0.1) is 32.1 Å². The van der Waals surface area contributed by atoms with Crippen LogP contribution < -0.4 is 21.3 Å². The Kier molecular flexibility index (Phi) is 30.3. The van der Waals surface area contributed by atoms with E-state index in [4.69, 9.17) is 24.1 Å². The highest BCUT2D eigenvalue weighted by molar-refractivity contribution is 5.98. The first kappa shape index (κ1) is 71.9. The fourth-order valence-electron chi connectivity index (χ4n) is 8.66. The van der Waals surface area contributed by atoms with Gasteiger partial charge in [0.2, 0.25) is 0 Å². The topological polar surface area (TPSA) is 322 Å². The maximum Gasteiger partial charge on any atom is 0.410 e. The smallest absolute Gasteiger partial charge is 0.410 e. The van der Waals surface area contributed by atoms with Crippen LogP contribution in [0.4, 0.5) is 21.0 Å². The maximum absolute atomic E-state index is 12.4. The molecule has 3 aromatic rings. The van der Waals surface area contributed by atoms with Crippen molar-refractivity contribution < 1.29 is 73.1 Å². The van der Waals surface area contributed by atoms with Crippen molar-refractivity contribution in [2.45, 2.75) is 195 Å². The molecule has 0 aromatic heterocycles. The fraction of sp³-hybridized carbons (Fsp3) is 0.600. The molecule has 0 unspecified atom stereocenters. The van der Waals surface area contributed by atoms with Gasteiger partial charge in [-0.25, -0.2) is 14.4 Å². The van der Waals surface area contributed by atoms with Crippen molar-refractivity contribution in [1.82, 2.24) is 20.9 Å². The molecule has 3 fully saturated rings. The van der Waals surface area contributed by atoms with Crippen molar-refractivity contribution >= 4 is 47.4 Å². The molecule has 3 heterocycles. The van der Waals surface area contributed by atoms with Gasteiger partial charge < -0.3 is 55.3 Å². The zero-order valence-electron chi connectivity index (χ0n) is 50.8. The van der Waals surface area contributed by atoms with Crippen molar-refractivity contribution in [2.75, 3.05) is 26.2 Å². The lowest BCUT2D eigenvalue weighted by Crippen LogP contribution is -2.93. The van der Waals surface area contributed by atoms with E-state index >= 15 is 0 Å². The number of alkyl carbamates (subject to hydrolysis) is 1. The Morgan fingerprint density at radius 1 is 0.723 bits per heavy atom. The van der Waals surface area contributed by atoms with Crippen LogP contribution in [0.15, 0.2) is 78.9 Å². The molecule has 0 radical (unpaired) electrons. The van der Waals surface area contributed by atoms with E-state index in [0.717, 1.165) is 69.3 Å². The zero-order chi connectivity index (χ0) is 62.7. The maximum atomic E-state index is 12.4. The van der Waals surface area contributed by atoms with Crippen LogP contribution >= 0.6 is 0 Å². The van der Waals surface area contributed by atoms with Gasteiger partial charge >= 0.3 is 30.1 Å². The number of ether oxygens (including phenoxy) is 4. The largest absolute Gasteiger partial charge is 0.479 e. The normalized spacial score (nSPS) is 19.8. The van der Waals surface area contributed by atoms with Gasteiger partial charge in [-0.3, -0.25) is 34.6 Å². The number of amides is 3. The first-order valence-electron chi connectivity index (χ1n) is 28.3. The second-order valence-corrected chi connectivity index (χ2v) is 23.9. The summed E-state index contributed by atoms with van der Waals surface area (Å²) in [5.41, 5.74) is -1.68. The highest BCUT2D eigenvalue weighted by Gasteiger charge is 2.33. The van der Waals surface area contributed by atoms with Crippen molar-refractivity contribution in [3.05, 3.63) is 116 Å². The number of carbonyl (C=O) groups is 6. The van der Waals surface area contributed by atoms with E-state index in [-0.39, 0.29) is 72.1 Å². The summed E-state index contributed by atoms with van der Waals surface area (Å²) >= 11 is 0. The first-order valence-corrected chi connectivity index (χ1v) is 28.3. The molecule has 7 N–H and O–H groups in total. The van der Waals surface area contributed by atoms with Gasteiger partial charge in [-0.1, -0.05) is 60.7 Å². The van der Waals surface area contributed by atoms with Crippen molar-refractivity contribution in [3.63, 3.8) is 0 Å². The minimum atomic E-state index is -1.41. The van der Waals surface area contributed by atoms with Gasteiger partial charge in [0.1, 0.15) is 23.4 Å². The summed E-state index contributed by atoms with van der Waals surface area (Å²) in [7, 11) is 0. The third-order valence-electron chi connectivity index (χ3n) is 12.7. The molecule has 3 saturated heterocycles. The van der Waals surface area contributed by atoms with Crippen LogP contribution in [0.5, 0.6) is 0 Å². The van der Waals surface area contributed by atoms with Gasteiger partial charge in [0, 0.05) is 50.2 Å². The minimum absolute atomic E-state index is 0.0659. The van der Waals surface area contributed by atoms with E-state index in [1.54, 1.807) is 30.0 Å². The number of piperidine rings is 3. The standard InChI is InChI=1S/C20H29NO4.C15H11N3O7.C12H23NO2.C11H22N2O2.C2H6O/c1-15-10-11-17(12-18(22)25-20(2,3)4)13-21(15)19(23)24-14-16-8-6-5-7-9-16;19-14(16-13(15(20)21)9-4-2-1-3-5-9)10-6-11(17(22)23)8-12(7-10)18(24)25;1-9-5-6-10(8-13-9)7-11(14)15-12(2,3)4;1-8-5-6-9(7-12-8)13-10(14)15-11(2,3)4;1-2-3/h5-9,15,17H,10-14H2,1-4H3;1-8,13H,(H,16,19)(H,20,21);9-10,13H,5-8H2,1-4H3;8-9,12H,5-7H2,1-4H3,(H,13,14);3H,2H2,1H3/p+1/t15-,17-;13-;9-,10-;8-,9+;/m0000./s1. The van der Waals surface area contributed by atoms with Gasteiger partial charge in [-0.15, -0.1) is 0 Å². The molecule has 23 heteroatoms. The van der Waals surface area contributed by atoms with E-state index in [1.165, 1.54) is 12.1 Å². The van der Waals surface area contributed by atoms with Gasteiger partial charge in [-0.2, -0.15) is 0 Å². The average Bonchev–Trinajstić information content (AvgIpc) is 3.43. The number of aliphatic hydroxyl groups excluding tert-OH is 1. The summed E-state index contributed by atoms with van der Waals surface area (Å²) in [5, 5.41) is 49.3. The first-order chi connectivity index (χ1) is 38.7. The highest BCUT2D eigenvalue weighted by atomic mass is 16.6. The molecule has 3 aliphatic rings. The summed E-state index contributed by atoms with van der Waals surface area (Å²) < 4.78 is 21.3. The molecule has 0 bridgehead atoms. The predicted octanol–water partition coefficient (Wildman–Crippen LogP) is 8.94. The van der Waals surface area contributed by atoms with Crippen LogP contribution in [0.3, 0.4) is 0 Å². The molecule has 6 rings (SSSR count). The molecular formula is C60H92N7O16+. The number of hydrogen-bond donors (Lipinski definition) is 6. The Hall–Kier alpha value is -7.24. The van der Waals surface area contributed by atoms with E-state index < -0.39 is 50.3 Å². The molecule has 3 aliphatic heterocycles. The van der Waals surface area contributed by atoms with Crippen molar-refractivity contribution in [3.8, 4) is 0 Å². The number of nitrogens with zero attached hydrogens (tertiary/aromatic N) is 3. The summed E-state index contributed by atoms with van der Waals surface area (Å²) in [4.78, 5) is 92.8. The molecule has 3 aromatic carbocycles. The lowest BCUT2D eigenvalue weighted by atomic mass is 9.91. The Bertz CT molecular complexity index is 2440. The number of nitrogens with one attached hydrogen (secondary N) is 3. The molecule has 7 atom stereocenters. The van der Waals surface area contributed by atoms with Gasteiger partial charge in [0.15, 0.2) is 6.04 Å². The number of likely N-dealkylation sites (tertiary alicyclic amines) is 1. The lowest BCUT2D eigenvalue weighted by Gasteiger charge is -2.37. The molecule has 83 heavy (non-hydrogen) atoms. The number of nitro groups is 2. The van der Waals surface area contributed by atoms with Gasteiger partial charge in [0.25, 0.3) is 17.3 Å². The second-order valence-electron chi connectivity index (χ2n) is 23.9. The number of esters is 2. The molecule has 0 aliphatic carbocycles. The number of benzene rings is 3. The number of nitro benzene ring substituents is 2. The fourth-order valence-corrected chi connectivity index (χ4v) is 8.66. The number of carbonyl (C=O) groups excluding carboxylic acids is 5. The third kappa shape index (κ3) is 30.6. The third-order valence-corrected chi connectivity index (χ3v) is 12.7. The lowest BCUT2D eigenvalue weighted by molar-refractivity contribution is -0.696. The van der Waals surface area contributed by atoms with Crippen LogP contribution in [0.2, 0.25) is 0 Å². The molecule has 462 valence electrons. The Balaban J connectivity index is 0.000000382. The summed E-state index contributed by atoms with van der Waals surface area (Å²) in [5.74, 6) is -2.03. The second kappa shape index (κ2) is 35.0. The van der Waals surface area contributed by atoms with Crippen molar-refractivity contribution in [1.29, 1.82) is 0 Å². The van der Waals surface area contributed by atoms with E-state index in [9.17, 15) is 54.1 Å². The summed E-state index contributed by atoms with van der Waals surface area (Å²) in [6.45, 7) is 28.0. The Morgan fingerprint density at radius 3 is 1.69 bits per heavy atom. The summed E-state index contributed by atoms with van der Waals surface area (Å²) in [6, 6.07) is 20.1. The number of aliphatic hydroxyl groups is 1. The SMILES string of the molecule is CCO.C[C@H]1CC[C@@H](CC(=O)OC(C)(C)C)CN1.C[C@H]1CC[C@@H](CC(=O)OC(C)(C)C)CN1C(=O)OCc1ccccc1.C[C@H]1CC[C@@H](NC(=O)OC(C)(C)C)C[NH2+]1.O=C(N[C@H](C(=O)O)c1ccccc1)c1cc([N+](=O)[O-])cc([N+](=O)[O-])c1. The van der Waals surface area contributed by atoms with Crippen LogP contribution in [-0.2, 0) is 39.9 Å². The van der Waals surface area contributed by atoms with Gasteiger partial charge in [0.05, 0.1) is 46.5 Å². The van der Waals surface area contributed by atoms with E-state index in [1.807, 2.05) is 99.6 Å². The number of carboxylic acid groups (broad SMARTS) is 1. The average molecular weight is 1170 g/mol. The van der Waals surface area contributed by atoms with Crippen molar-refractivity contribution in [2.24, 2.45) is 11.8 Å². The number of aliphatic carboxylic acids is 1. The van der Waals surface area contributed by atoms with Crippen LogP contribution in [0.25, 0.3) is 0 Å². The van der Waals surface area contributed by atoms with Crippen LogP contribution in [-0.4, -0.2) is 128 Å². The molecule has 0 saturated carbocycles. The number of hydrogen-bond acceptors (Lipinski definition) is 16. The quantitative estimate of drug-likeness (QED) is 0.0402. The highest BCUT2D eigenvalue weighted by Crippen LogP contribution is 2.27. The minimum Gasteiger partial charge on any atom is -0.479 e. The molecule has 23 nitrogen and oxygen atoms in total. The number of non-ortho nitro benzene ring substituents is 2. The van der Waals surface area contributed by atoms with Crippen LogP contribution in [0.1, 0.15) is 169 Å². The number of quaternary nitrogens is 1. The number of nitrogens with two attached hydrogens (primary N) is 1. The van der Waals surface area contributed by atoms with Gasteiger partial charge in [-0.05, 0) is 152 Å².